The maximum Gasteiger partial charge on any atom is 0.272 e. The van der Waals surface area contributed by atoms with Gasteiger partial charge in [0.2, 0.25) is 0 Å². The molecule has 0 radical (unpaired) electrons. The Kier molecular flexibility index (Phi) is 3.40. The second-order valence-electron chi connectivity index (χ2n) is 2.04. The van der Waals surface area contributed by atoms with E-state index in [0.717, 1.165) is 0 Å². The molecule has 0 spiro atoms. The molecule has 2 nitrogen and oxygen atoms in total. The fourth-order valence-electron chi connectivity index (χ4n) is 0.631. The Balaban J connectivity index is 2.52. The van der Waals surface area contributed by atoms with Crippen LogP contribution >= 0.6 is 15.9 Å². The number of hydrogen-bond donors (Lipinski definition) is 0. The number of aromatic nitrogens is 1. The molecule has 66 valence electrons. The molecule has 0 aromatic carbocycles. The molecule has 0 saturated heterocycles. The number of pyridine rings is 1. The Morgan fingerprint density at radius 1 is 1.50 bits per heavy atom. The van der Waals surface area contributed by atoms with Gasteiger partial charge in [0.1, 0.15) is 12.4 Å². The molecule has 0 atom stereocenters. The molecule has 0 aliphatic carbocycles. The summed E-state index contributed by atoms with van der Waals surface area (Å²) in [5.41, 5.74) is 0. The van der Waals surface area contributed by atoms with Crippen LogP contribution in [0.4, 0.5) is 8.78 Å². The highest BCUT2D eigenvalue weighted by Crippen LogP contribution is 2.16. The van der Waals surface area contributed by atoms with Gasteiger partial charge in [-0.25, -0.2) is 8.78 Å². The van der Waals surface area contributed by atoms with Crippen LogP contribution in [0.3, 0.4) is 0 Å². The van der Waals surface area contributed by atoms with Crippen LogP contribution < -0.4 is 4.74 Å². The van der Waals surface area contributed by atoms with Crippen molar-refractivity contribution in [3.8, 4) is 5.75 Å². The Morgan fingerprint density at radius 2 is 2.25 bits per heavy atom. The van der Waals surface area contributed by atoms with Crippen LogP contribution in [0.5, 0.6) is 5.75 Å². The zero-order valence-electron chi connectivity index (χ0n) is 6.01. The van der Waals surface area contributed by atoms with Gasteiger partial charge in [0.25, 0.3) is 6.43 Å². The van der Waals surface area contributed by atoms with E-state index in [-0.39, 0.29) is 0 Å². The van der Waals surface area contributed by atoms with Crippen molar-refractivity contribution in [1.29, 1.82) is 0 Å². The number of halogens is 3. The number of hydrogen-bond acceptors (Lipinski definition) is 2. The maximum atomic E-state index is 11.7. The van der Waals surface area contributed by atoms with Crippen LogP contribution in [0.1, 0.15) is 0 Å². The first-order chi connectivity index (χ1) is 5.68. The van der Waals surface area contributed by atoms with E-state index in [4.69, 9.17) is 4.74 Å². The lowest BCUT2D eigenvalue weighted by atomic mass is 10.5. The molecule has 0 N–H and O–H groups in total. The Labute approximate surface area is 76.7 Å². The predicted octanol–water partition coefficient (Wildman–Crippen LogP) is 2.49. The summed E-state index contributed by atoms with van der Waals surface area (Å²) >= 11 is 3.14. The van der Waals surface area contributed by atoms with Gasteiger partial charge in [-0.3, -0.25) is 4.98 Å². The van der Waals surface area contributed by atoms with Gasteiger partial charge in [0, 0.05) is 10.7 Å². The smallest absolute Gasteiger partial charge is 0.272 e. The van der Waals surface area contributed by atoms with Crippen molar-refractivity contribution in [2.24, 2.45) is 0 Å². The molecule has 1 aromatic heterocycles. The first-order valence-corrected chi connectivity index (χ1v) is 3.99. The minimum Gasteiger partial charge on any atom is -0.486 e. The normalized spacial score (nSPS) is 10.3. The summed E-state index contributed by atoms with van der Waals surface area (Å²) in [5.74, 6) is 0.338. The monoisotopic (exact) mass is 237 g/mol. The zero-order chi connectivity index (χ0) is 8.97. The van der Waals surface area contributed by atoms with Crippen molar-refractivity contribution in [3.05, 3.63) is 22.9 Å². The number of rotatable bonds is 3. The van der Waals surface area contributed by atoms with Crippen molar-refractivity contribution < 1.29 is 13.5 Å². The summed E-state index contributed by atoms with van der Waals surface area (Å²) in [6.45, 7) is -0.599. The van der Waals surface area contributed by atoms with Gasteiger partial charge in [-0.2, -0.15) is 0 Å². The van der Waals surface area contributed by atoms with Gasteiger partial charge in [-0.1, -0.05) is 0 Å². The summed E-state index contributed by atoms with van der Waals surface area (Å²) in [5, 5.41) is 0. The van der Waals surface area contributed by atoms with Crippen LogP contribution in [0, 0.1) is 0 Å². The van der Waals surface area contributed by atoms with Crippen molar-refractivity contribution in [2.45, 2.75) is 6.43 Å². The molecule has 12 heavy (non-hydrogen) atoms. The summed E-state index contributed by atoms with van der Waals surface area (Å²) in [4.78, 5) is 3.75. The Bertz CT molecular complexity index is 257. The van der Waals surface area contributed by atoms with E-state index in [1.165, 1.54) is 6.20 Å². The Morgan fingerprint density at radius 3 is 2.83 bits per heavy atom. The summed E-state index contributed by atoms with van der Waals surface area (Å²) in [6.07, 6.45) is 0.478. The molecule has 0 bridgehead atoms. The minimum absolute atomic E-state index is 0.338. The maximum absolute atomic E-state index is 11.7. The van der Waals surface area contributed by atoms with E-state index >= 15 is 0 Å². The molecule has 1 rings (SSSR count). The number of nitrogens with zero attached hydrogens (tertiary/aromatic N) is 1. The van der Waals surface area contributed by atoms with Crippen molar-refractivity contribution >= 4 is 15.9 Å². The van der Waals surface area contributed by atoms with Crippen molar-refractivity contribution in [1.82, 2.24) is 4.98 Å². The highest BCUT2D eigenvalue weighted by molar-refractivity contribution is 9.10. The summed E-state index contributed by atoms with van der Waals surface area (Å²) < 4.78 is 28.7. The average Bonchev–Trinajstić information content (AvgIpc) is 2.01. The molecule has 0 fully saturated rings. The molecular weight excluding hydrogens is 232 g/mol. The first kappa shape index (κ1) is 9.38. The molecule has 0 unspecified atom stereocenters. The molecular formula is C7H6BrF2NO. The third kappa shape index (κ3) is 3.13. The fourth-order valence-corrected chi connectivity index (χ4v) is 0.974. The average molecular weight is 238 g/mol. The second-order valence-corrected chi connectivity index (χ2v) is 2.96. The lowest BCUT2D eigenvalue weighted by Crippen LogP contribution is -2.06. The minimum atomic E-state index is -2.45. The molecule has 1 heterocycles. The second kappa shape index (κ2) is 4.35. The zero-order valence-corrected chi connectivity index (χ0v) is 7.59. The number of ether oxygens (including phenoxy) is 1. The number of alkyl halides is 2. The van der Waals surface area contributed by atoms with Gasteiger partial charge in [0.05, 0.1) is 6.20 Å². The third-order valence-electron chi connectivity index (χ3n) is 1.06. The quantitative estimate of drug-likeness (QED) is 0.806. The van der Waals surface area contributed by atoms with E-state index in [1.807, 2.05) is 0 Å². The predicted molar refractivity (Wildman–Crippen MR) is 43.4 cm³/mol. The van der Waals surface area contributed by atoms with E-state index in [9.17, 15) is 8.78 Å². The van der Waals surface area contributed by atoms with Gasteiger partial charge in [-0.05, 0) is 22.0 Å². The summed E-state index contributed by atoms with van der Waals surface area (Å²) in [6, 6.07) is 1.58. The largest absolute Gasteiger partial charge is 0.486 e. The lowest BCUT2D eigenvalue weighted by molar-refractivity contribution is 0.0817. The van der Waals surface area contributed by atoms with Crippen LogP contribution in [0.15, 0.2) is 22.9 Å². The first-order valence-electron chi connectivity index (χ1n) is 3.20. The molecule has 0 aliphatic heterocycles. The van der Waals surface area contributed by atoms with Crippen LogP contribution in [-0.4, -0.2) is 18.0 Å². The highest BCUT2D eigenvalue weighted by Gasteiger charge is 2.03. The summed E-state index contributed by atoms with van der Waals surface area (Å²) in [7, 11) is 0. The van der Waals surface area contributed by atoms with Crippen molar-refractivity contribution in [3.63, 3.8) is 0 Å². The fraction of sp³-hybridized carbons (Fsp3) is 0.286. The van der Waals surface area contributed by atoms with Gasteiger partial charge < -0.3 is 4.74 Å². The van der Waals surface area contributed by atoms with E-state index in [0.29, 0.717) is 10.2 Å². The molecule has 0 amide bonds. The van der Waals surface area contributed by atoms with Crippen molar-refractivity contribution in [2.75, 3.05) is 6.61 Å². The highest BCUT2D eigenvalue weighted by atomic mass is 79.9. The van der Waals surface area contributed by atoms with Gasteiger partial charge >= 0.3 is 0 Å². The standard InChI is InChI=1S/C7H6BrF2NO/c8-5-1-6(3-11-2-5)12-4-7(9)10/h1-3,7H,4H2. The van der Waals surface area contributed by atoms with Gasteiger partial charge in [-0.15, -0.1) is 0 Å². The van der Waals surface area contributed by atoms with Crippen LogP contribution in [0.25, 0.3) is 0 Å². The van der Waals surface area contributed by atoms with E-state index in [2.05, 4.69) is 20.9 Å². The van der Waals surface area contributed by atoms with E-state index < -0.39 is 13.0 Å². The van der Waals surface area contributed by atoms with Crippen LogP contribution in [0.2, 0.25) is 0 Å². The van der Waals surface area contributed by atoms with E-state index in [1.54, 1.807) is 12.3 Å². The Hall–Kier alpha value is -0.710. The lowest BCUT2D eigenvalue weighted by Gasteiger charge is -2.03. The van der Waals surface area contributed by atoms with Gasteiger partial charge in [0.15, 0.2) is 0 Å². The SMILES string of the molecule is FC(F)COc1cncc(Br)c1. The molecule has 1 aromatic rings. The molecule has 0 saturated carbocycles. The third-order valence-corrected chi connectivity index (χ3v) is 1.49. The molecule has 5 heteroatoms. The topological polar surface area (TPSA) is 22.1 Å². The van der Waals surface area contributed by atoms with Crippen LogP contribution in [-0.2, 0) is 0 Å². The molecule has 0 aliphatic rings.